The van der Waals surface area contributed by atoms with Gasteiger partial charge in [0, 0.05) is 23.6 Å². The molecule has 3 aromatic rings. The smallest absolute Gasteiger partial charge is 0.338 e. The lowest BCUT2D eigenvalue weighted by molar-refractivity contribution is 0.0430. The van der Waals surface area contributed by atoms with Crippen LogP contribution in [0.25, 0.3) is 11.4 Å². The molecular weight excluding hydrogens is 360 g/mol. The van der Waals surface area contributed by atoms with E-state index in [2.05, 4.69) is 19.8 Å². The maximum Gasteiger partial charge on any atom is 0.338 e. The number of nitrogens with zero attached hydrogens (tertiary/aromatic N) is 3. The van der Waals surface area contributed by atoms with Crippen LogP contribution in [0.2, 0.25) is 0 Å². The van der Waals surface area contributed by atoms with Crippen molar-refractivity contribution in [1.29, 1.82) is 0 Å². The fourth-order valence-corrected chi connectivity index (χ4v) is 2.62. The van der Waals surface area contributed by atoms with Gasteiger partial charge >= 0.3 is 5.97 Å². The number of nitrogens with one attached hydrogen (secondary N) is 1. The number of ether oxygens (including phenoxy) is 1. The quantitative estimate of drug-likeness (QED) is 0.648. The zero-order valence-corrected chi connectivity index (χ0v) is 14.4. The van der Waals surface area contributed by atoms with E-state index in [-0.39, 0.29) is 23.7 Å². The highest BCUT2D eigenvalue weighted by atomic mass is 32.2. The summed E-state index contributed by atoms with van der Waals surface area (Å²) in [7, 11) is -3.44. The summed E-state index contributed by atoms with van der Waals surface area (Å²) in [6.07, 6.45) is 4.23. The van der Waals surface area contributed by atoms with Gasteiger partial charge in [0.05, 0.1) is 11.8 Å². The van der Waals surface area contributed by atoms with E-state index in [1.807, 2.05) is 0 Å². The molecule has 0 atom stereocenters. The lowest BCUT2D eigenvalue weighted by Crippen LogP contribution is -2.11. The molecule has 2 aromatic heterocycles. The number of benzene rings is 1. The molecule has 1 aromatic carbocycles. The number of pyridine rings is 1. The fraction of sp³-hybridized carbons (Fsp3) is 0.125. The second-order valence-corrected chi connectivity index (χ2v) is 7.03. The molecule has 134 valence electrons. The van der Waals surface area contributed by atoms with Crippen LogP contribution in [0.4, 0.5) is 5.69 Å². The molecule has 0 saturated carbocycles. The minimum Gasteiger partial charge on any atom is -0.452 e. The number of anilines is 1. The lowest BCUT2D eigenvalue weighted by atomic mass is 10.2. The lowest BCUT2D eigenvalue weighted by Gasteiger charge is -2.06. The number of aromatic nitrogens is 3. The van der Waals surface area contributed by atoms with Gasteiger partial charge in [-0.2, -0.15) is 4.98 Å². The zero-order chi connectivity index (χ0) is 18.6. The van der Waals surface area contributed by atoms with E-state index in [4.69, 9.17) is 9.26 Å². The first-order valence-electron chi connectivity index (χ1n) is 7.39. The summed E-state index contributed by atoms with van der Waals surface area (Å²) in [5.74, 6) is -0.186. The Morgan fingerprint density at radius 2 is 2.12 bits per heavy atom. The van der Waals surface area contributed by atoms with E-state index >= 15 is 0 Å². The minimum atomic E-state index is -3.44. The first-order chi connectivity index (χ1) is 12.4. The van der Waals surface area contributed by atoms with Gasteiger partial charge in [0.1, 0.15) is 0 Å². The number of hydrogen-bond donors (Lipinski definition) is 1. The summed E-state index contributed by atoms with van der Waals surface area (Å²) in [6, 6.07) is 9.45. The molecule has 0 bridgehead atoms. The maximum absolute atomic E-state index is 12.1. The normalized spacial score (nSPS) is 11.1. The highest BCUT2D eigenvalue weighted by molar-refractivity contribution is 7.92. The van der Waals surface area contributed by atoms with Crippen molar-refractivity contribution in [3.63, 3.8) is 0 Å². The average molecular weight is 374 g/mol. The van der Waals surface area contributed by atoms with Crippen molar-refractivity contribution in [1.82, 2.24) is 15.1 Å². The van der Waals surface area contributed by atoms with E-state index in [9.17, 15) is 13.2 Å². The standard InChI is InChI=1S/C16H14N4O5S/c1-26(22,23)20-13-6-2-4-11(8-13)16(21)24-10-14-18-15(19-25-14)12-5-3-7-17-9-12/h2-9,20H,10H2,1H3. The van der Waals surface area contributed by atoms with Crippen molar-refractivity contribution < 1.29 is 22.5 Å². The molecule has 0 radical (unpaired) electrons. The van der Waals surface area contributed by atoms with Gasteiger partial charge in [-0.15, -0.1) is 0 Å². The summed E-state index contributed by atoms with van der Waals surface area (Å²) in [6.45, 7) is -0.212. The predicted octanol–water partition coefficient (Wildman–Crippen LogP) is 1.86. The topological polar surface area (TPSA) is 124 Å². The van der Waals surface area contributed by atoms with Crippen molar-refractivity contribution in [3.8, 4) is 11.4 Å². The van der Waals surface area contributed by atoms with Crippen LogP contribution in [-0.2, 0) is 21.4 Å². The molecule has 9 nitrogen and oxygen atoms in total. The molecule has 0 fully saturated rings. The summed E-state index contributed by atoms with van der Waals surface area (Å²) in [5, 5.41) is 3.80. The van der Waals surface area contributed by atoms with Crippen LogP contribution in [0.5, 0.6) is 0 Å². The van der Waals surface area contributed by atoms with Crippen LogP contribution in [0.1, 0.15) is 16.2 Å². The zero-order valence-electron chi connectivity index (χ0n) is 13.6. The molecule has 0 saturated heterocycles. The second-order valence-electron chi connectivity index (χ2n) is 5.28. The molecule has 0 unspecified atom stereocenters. The Bertz CT molecular complexity index is 1020. The largest absolute Gasteiger partial charge is 0.452 e. The SMILES string of the molecule is CS(=O)(=O)Nc1cccc(C(=O)OCc2nc(-c3cccnc3)no2)c1. The molecule has 0 spiro atoms. The highest BCUT2D eigenvalue weighted by Crippen LogP contribution is 2.16. The molecule has 2 heterocycles. The van der Waals surface area contributed by atoms with E-state index in [0.717, 1.165) is 6.26 Å². The van der Waals surface area contributed by atoms with Gasteiger partial charge in [-0.25, -0.2) is 13.2 Å². The van der Waals surface area contributed by atoms with E-state index in [1.54, 1.807) is 24.5 Å². The number of rotatable bonds is 6. The van der Waals surface area contributed by atoms with Gasteiger partial charge in [0.25, 0.3) is 5.89 Å². The van der Waals surface area contributed by atoms with Gasteiger partial charge < -0.3 is 9.26 Å². The van der Waals surface area contributed by atoms with Gasteiger partial charge in [-0.3, -0.25) is 9.71 Å². The van der Waals surface area contributed by atoms with Gasteiger partial charge in [0.15, 0.2) is 6.61 Å². The molecule has 0 aliphatic rings. The Kier molecular flexibility index (Phi) is 4.94. The van der Waals surface area contributed by atoms with Crippen molar-refractivity contribution >= 4 is 21.7 Å². The highest BCUT2D eigenvalue weighted by Gasteiger charge is 2.13. The molecule has 1 N–H and O–H groups in total. The van der Waals surface area contributed by atoms with Gasteiger partial charge in [0.2, 0.25) is 15.8 Å². The Morgan fingerprint density at radius 1 is 1.27 bits per heavy atom. The fourth-order valence-electron chi connectivity index (χ4n) is 2.06. The first kappa shape index (κ1) is 17.5. The van der Waals surface area contributed by atoms with Crippen molar-refractivity contribution in [2.45, 2.75) is 6.61 Å². The molecule has 26 heavy (non-hydrogen) atoms. The number of carbonyl (C=O) groups excluding carboxylic acids is 1. The molecule has 0 aliphatic carbocycles. The van der Waals surface area contributed by atoms with Crippen molar-refractivity contribution in [2.75, 3.05) is 11.0 Å². The predicted molar refractivity (Wildman–Crippen MR) is 91.6 cm³/mol. The van der Waals surface area contributed by atoms with Crippen LogP contribution >= 0.6 is 0 Å². The maximum atomic E-state index is 12.1. The van der Waals surface area contributed by atoms with E-state index in [1.165, 1.54) is 24.3 Å². The van der Waals surface area contributed by atoms with Crippen molar-refractivity contribution in [2.24, 2.45) is 0 Å². The molecule has 3 rings (SSSR count). The molecule has 10 heteroatoms. The average Bonchev–Trinajstić information content (AvgIpc) is 3.08. The van der Waals surface area contributed by atoms with Crippen LogP contribution in [0, 0.1) is 0 Å². The van der Waals surface area contributed by atoms with Crippen LogP contribution in [0.3, 0.4) is 0 Å². The van der Waals surface area contributed by atoms with Gasteiger partial charge in [-0.05, 0) is 30.3 Å². The Morgan fingerprint density at radius 3 is 2.85 bits per heavy atom. The molecule has 0 amide bonds. The third-order valence-electron chi connectivity index (χ3n) is 3.12. The van der Waals surface area contributed by atoms with Crippen LogP contribution in [0.15, 0.2) is 53.3 Å². The number of hydrogen-bond acceptors (Lipinski definition) is 8. The minimum absolute atomic E-state index is 0.127. The summed E-state index contributed by atoms with van der Waals surface area (Å²) >= 11 is 0. The Balaban J connectivity index is 1.64. The number of carbonyl (C=O) groups is 1. The van der Waals surface area contributed by atoms with Crippen LogP contribution in [-0.4, -0.2) is 35.8 Å². The van der Waals surface area contributed by atoms with E-state index in [0.29, 0.717) is 11.4 Å². The summed E-state index contributed by atoms with van der Waals surface area (Å²) in [5.41, 5.74) is 1.12. The number of esters is 1. The Labute approximate surface area is 149 Å². The third kappa shape index (κ3) is 4.63. The number of sulfonamides is 1. The third-order valence-corrected chi connectivity index (χ3v) is 3.72. The molecular formula is C16H14N4O5S. The van der Waals surface area contributed by atoms with Crippen molar-refractivity contribution in [3.05, 3.63) is 60.2 Å². The summed E-state index contributed by atoms with van der Waals surface area (Å²) in [4.78, 5) is 20.2. The molecule has 0 aliphatic heterocycles. The summed E-state index contributed by atoms with van der Waals surface area (Å²) < 4.78 is 35.0. The van der Waals surface area contributed by atoms with E-state index < -0.39 is 16.0 Å². The monoisotopic (exact) mass is 374 g/mol. The second kappa shape index (κ2) is 7.31. The van der Waals surface area contributed by atoms with Crippen LogP contribution < -0.4 is 4.72 Å². The van der Waals surface area contributed by atoms with Gasteiger partial charge in [-0.1, -0.05) is 11.2 Å². The Hall–Kier alpha value is -3.27. The first-order valence-corrected chi connectivity index (χ1v) is 9.28.